The number of rotatable bonds is 2. The van der Waals surface area contributed by atoms with Crippen LogP contribution in [0.25, 0.3) is 0 Å². The number of benzene rings is 1. The Balaban J connectivity index is 2.09. The van der Waals surface area contributed by atoms with Crippen LogP contribution in [0, 0.1) is 6.92 Å². The highest BCUT2D eigenvalue weighted by atomic mass is 32.2. The fourth-order valence-electron chi connectivity index (χ4n) is 1.78. The second-order valence-corrected chi connectivity index (χ2v) is 5.13. The van der Waals surface area contributed by atoms with Gasteiger partial charge < -0.3 is 5.11 Å². The summed E-state index contributed by atoms with van der Waals surface area (Å²) in [6.45, 7) is 2.05. The van der Waals surface area contributed by atoms with Crippen LogP contribution in [0.4, 0.5) is 0 Å². The third-order valence-corrected chi connectivity index (χ3v) is 3.89. The largest absolute Gasteiger partial charge is 0.480 e. The van der Waals surface area contributed by atoms with Gasteiger partial charge >= 0.3 is 5.97 Å². The van der Waals surface area contributed by atoms with Crippen molar-refractivity contribution in [2.45, 2.75) is 19.0 Å². The van der Waals surface area contributed by atoms with Crippen LogP contribution >= 0.6 is 11.8 Å². The lowest BCUT2D eigenvalue weighted by Gasteiger charge is -2.28. The fraction of sp³-hybridized carbons (Fsp3) is 0.417. The summed E-state index contributed by atoms with van der Waals surface area (Å²) in [5.41, 5.74) is 2.39. The van der Waals surface area contributed by atoms with E-state index in [-0.39, 0.29) is 6.04 Å². The molecule has 4 heteroatoms. The summed E-state index contributed by atoms with van der Waals surface area (Å²) < 4.78 is 0. The minimum absolute atomic E-state index is 0.153. The second kappa shape index (κ2) is 4.89. The average molecular weight is 237 g/mol. The first-order valence-electron chi connectivity index (χ1n) is 5.30. The fourth-order valence-corrected chi connectivity index (χ4v) is 2.91. The Kier molecular flexibility index (Phi) is 3.51. The van der Waals surface area contributed by atoms with Gasteiger partial charge in [-0.25, -0.2) is 0 Å². The topological polar surface area (TPSA) is 49.3 Å². The standard InChI is InChI=1S/C12H15NO2S/c1-8-2-4-9(5-3-8)10-6-16-7-11(13-10)12(14)15/h2-5,10-11,13H,6-7H2,1H3,(H,14,15). The summed E-state index contributed by atoms with van der Waals surface area (Å²) in [5, 5.41) is 12.1. The van der Waals surface area contributed by atoms with Crippen LogP contribution in [0.1, 0.15) is 17.2 Å². The maximum Gasteiger partial charge on any atom is 0.321 e. The summed E-state index contributed by atoms with van der Waals surface area (Å²) in [4.78, 5) is 10.9. The highest BCUT2D eigenvalue weighted by Gasteiger charge is 2.26. The number of thioether (sulfide) groups is 1. The Morgan fingerprint density at radius 3 is 2.69 bits per heavy atom. The van der Waals surface area contributed by atoms with Crippen molar-refractivity contribution in [3.8, 4) is 0 Å². The molecule has 16 heavy (non-hydrogen) atoms. The molecule has 1 fully saturated rings. The van der Waals surface area contributed by atoms with E-state index in [0.717, 1.165) is 5.75 Å². The van der Waals surface area contributed by atoms with E-state index in [9.17, 15) is 4.79 Å². The SMILES string of the molecule is Cc1ccc(C2CSCC(C(=O)O)N2)cc1. The van der Waals surface area contributed by atoms with Crippen LogP contribution in [-0.4, -0.2) is 28.6 Å². The monoisotopic (exact) mass is 237 g/mol. The zero-order valence-corrected chi connectivity index (χ0v) is 9.96. The highest BCUT2D eigenvalue weighted by molar-refractivity contribution is 7.99. The van der Waals surface area contributed by atoms with E-state index in [0.29, 0.717) is 5.75 Å². The number of hydrogen-bond donors (Lipinski definition) is 2. The van der Waals surface area contributed by atoms with Crippen LogP contribution in [0.15, 0.2) is 24.3 Å². The smallest absolute Gasteiger partial charge is 0.321 e. The van der Waals surface area contributed by atoms with Crippen LogP contribution in [0.5, 0.6) is 0 Å². The van der Waals surface area contributed by atoms with E-state index < -0.39 is 12.0 Å². The van der Waals surface area contributed by atoms with Gasteiger partial charge in [0.2, 0.25) is 0 Å². The molecular weight excluding hydrogens is 222 g/mol. The van der Waals surface area contributed by atoms with Crippen molar-refractivity contribution in [3.05, 3.63) is 35.4 Å². The molecule has 1 heterocycles. The Morgan fingerprint density at radius 2 is 2.06 bits per heavy atom. The van der Waals surface area contributed by atoms with Crippen LogP contribution in [0.2, 0.25) is 0 Å². The number of aryl methyl sites for hydroxylation is 1. The van der Waals surface area contributed by atoms with Crippen molar-refractivity contribution in [2.75, 3.05) is 11.5 Å². The van der Waals surface area contributed by atoms with Gasteiger partial charge in [-0.2, -0.15) is 11.8 Å². The molecular formula is C12H15NO2S. The van der Waals surface area contributed by atoms with E-state index in [1.54, 1.807) is 11.8 Å². The van der Waals surface area contributed by atoms with Gasteiger partial charge in [0.1, 0.15) is 6.04 Å². The summed E-state index contributed by atoms with van der Waals surface area (Å²) in [6.07, 6.45) is 0. The third-order valence-electron chi connectivity index (χ3n) is 2.75. The first-order chi connectivity index (χ1) is 7.66. The number of nitrogens with one attached hydrogen (secondary N) is 1. The van der Waals surface area contributed by atoms with E-state index in [2.05, 4.69) is 29.6 Å². The van der Waals surface area contributed by atoms with E-state index in [4.69, 9.17) is 5.11 Å². The van der Waals surface area contributed by atoms with E-state index >= 15 is 0 Å². The van der Waals surface area contributed by atoms with Gasteiger partial charge in [0, 0.05) is 17.5 Å². The molecule has 1 aromatic carbocycles. The quantitative estimate of drug-likeness (QED) is 0.824. The first kappa shape index (κ1) is 11.5. The average Bonchev–Trinajstić information content (AvgIpc) is 2.30. The normalized spacial score (nSPS) is 25.3. The molecule has 1 aliphatic heterocycles. The van der Waals surface area contributed by atoms with Gasteiger partial charge in [0.25, 0.3) is 0 Å². The molecule has 0 saturated carbocycles. The molecule has 1 aromatic rings. The molecule has 0 bridgehead atoms. The number of hydrogen-bond acceptors (Lipinski definition) is 3. The van der Waals surface area contributed by atoms with Crippen molar-refractivity contribution < 1.29 is 9.90 Å². The molecule has 2 atom stereocenters. The van der Waals surface area contributed by atoms with Gasteiger partial charge in [-0.3, -0.25) is 10.1 Å². The Bertz CT molecular complexity index is 377. The molecule has 0 aromatic heterocycles. The lowest BCUT2D eigenvalue weighted by molar-refractivity contribution is -0.139. The zero-order valence-electron chi connectivity index (χ0n) is 9.14. The molecule has 2 N–H and O–H groups in total. The number of carboxylic acid groups (broad SMARTS) is 1. The van der Waals surface area contributed by atoms with E-state index in [1.807, 2.05) is 6.92 Å². The molecule has 2 unspecified atom stereocenters. The van der Waals surface area contributed by atoms with Crippen molar-refractivity contribution in [1.29, 1.82) is 0 Å². The van der Waals surface area contributed by atoms with Gasteiger partial charge in [0.05, 0.1) is 0 Å². The number of aliphatic carboxylic acids is 1. The molecule has 1 saturated heterocycles. The Labute approximate surface area is 99.2 Å². The van der Waals surface area contributed by atoms with Crippen molar-refractivity contribution in [1.82, 2.24) is 5.32 Å². The predicted octanol–water partition coefficient (Wildman–Crippen LogP) is 1.83. The Morgan fingerprint density at radius 1 is 1.38 bits per heavy atom. The number of carbonyl (C=O) groups is 1. The highest BCUT2D eigenvalue weighted by Crippen LogP contribution is 2.24. The van der Waals surface area contributed by atoms with Gasteiger partial charge in [-0.15, -0.1) is 0 Å². The van der Waals surface area contributed by atoms with Gasteiger partial charge in [-0.05, 0) is 12.5 Å². The molecule has 2 rings (SSSR count). The van der Waals surface area contributed by atoms with Crippen molar-refractivity contribution in [2.24, 2.45) is 0 Å². The molecule has 0 radical (unpaired) electrons. The predicted molar refractivity (Wildman–Crippen MR) is 65.8 cm³/mol. The molecule has 86 valence electrons. The minimum atomic E-state index is -0.760. The van der Waals surface area contributed by atoms with Crippen molar-refractivity contribution >= 4 is 17.7 Å². The second-order valence-electron chi connectivity index (χ2n) is 4.06. The first-order valence-corrected chi connectivity index (χ1v) is 6.45. The summed E-state index contributed by atoms with van der Waals surface area (Å²) in [7, 11) is 0. The molecule has 3 nitrogen and oxygen atoms in total. The van der Waals surface area contributed by atoms with Crippen LogP contribution < -0.4 is 5.32 Å². The third kappa shape index (κ3) is 2.57. The number of carboxylic acids is 1. The maximum absolute atomic E-state index is 10.9. The van der Waals surface area contributed by atoms with Crippen molar-refractivity contribution in [3.63, 3.8) is 0 Å². The Hall–Kier alpha value is -1.00. The van der Waals surface area contributed by atoms with Gasteiger partial charge in [0.15, 0.2) is 0 Å². The summed E-state index contributed by atoms with van der Waals surface area (Å²) in [5.74, 6) is 0.828. The molecule has 0 aliphatic carbocycles. The van der Waals surface area contributed by atoms with E-state index in [1.165, 1.54) is 11.1 Å². The molecule has 1 aliphatic rings. The van der Waals surface area contributed by atoms with Crippen LogP contribution in [-0.2, 0) is 4.79 Å². The lowest BCUT2D eigenvalue weighted by Crippen LogP contribution is -2.45. The summed E-state index contributed by atoms with van der Waals surface area (Å²) >= 11 is 1.70. The minimum Gasteiger partial charge on any atom is -0.480 e. The lowest BCUT2D eigenvalue weighted by atomic mass is 10.1. The summed E-state index contributed by atoms with van der Waals surface area (Å²) in [6, 6.07) is 7.98. The zero-order chi connectivity index (χ0) is 11.5. The molecule has 0 amide bonds. The molecule has 0 spiro atoms. The maximum atomic E-state index is 10.9. The van der Waals surface area contributed by atoms with Gasteiger partial charge in [-0.1, -0.05) is 29.8 Å². The van der Waals surface area contributed by atoms with Crippen LogP contribution in [0.3, 0.4) is 0 Å².